The van der Waals surface area contributed by atoms with Crippen LogP contribution in [0.15, 0.2) is 53.1 Å². The van der Waals surface area contributed by atoms with E-state index in [2.05, 4.69) is 63.3 Å². The molecule has 0 fully saturated rings. The molecule has 0 unspecified atom stereocenters. The molecule has 0 saturated carbocycles. The predicted molar refractivity (Wildman–Crippen MR) is 78.4 cm³/mol. The molecule has 92 valence electrons. The molecule has 0 bridgehead atoms. The molecule has 0 heteroatoms. The summed E-state index contributed by atoms with van der Waals surface area (Å²) in [6.45, 7) is 6.90. The number of hydrogen-bond donors (Lipinski definition) is 0. The molecule has 0 radical (unpaired) electrons. The molecule has 0 atom stereocenters. The first-order chi connectivity index (χ1) is 8.54. The molecule has 3 rings (SSSR count). The summed E-state index contributed by atoms with van der Waals surface area (Å²) < 4.78 is 0. The topological polar surface area (TPSA) is 0 Å². The maximum atomic E-state index is 2.38. The molecule has 2 aliphatic carbocycles. The highest BCUT2D eigenvalue weighted by molar-refractivity contribution is 5.68. The molecule has 0 aliphatic heterocycles. The van der Waals surface area contributed by atoms with Crippen LogP contribution in [0, 0.1) is 5.41 Å². The Bertz CT molecular complexity index is 574. The molecule has 0 nitrogen and oxygen atoms in total. The van der Waals surface area contributed by atoms with Gasteiger partial charge < -0.3 is 0 Å². The summed E-state index contributed by atoms with van der Waals surface area (Å²) in [6.07, 6.45) is 9.25. The lowest BCUT2D eigenvalue weighted by Crippen LogP contribution is -2.15. The molecule has 1 aromatic rings. The lowest BCUT2D eigenvalue weighted by atomic mass is 9.75. The van der Waals surface area contributed by atoms with E-state index in [1.165, 1.54) is 27.8 Å². The Morgan fingerprint density at radius 1 is 0.889 bits per heavy atom. The zero-order valence-electron chi connectivity index (χ0n) is 11.5. The third-order valence-electron chi connectivity index (χ3n) is 4.01. The van der Waals surface area contributed by atoms with Gasteiger partial charge in [-0.3, -0.25) is 0 Å². The van der Waals surface area contributed by atoms with Gasteiger partial charge in [-0.1, -0.05) is 68.8 Å². The van der Waals surface area contributed by atoms with Crippen LogP contribution in [0.4, 0.5) is 0 Å². The average molecular weight is 236 g/mol. The molecule has 0 heterocycles. The van der Waals surface area contributed by atoms with E-state index < -0.39 is 0 Å². The maximum absolute atomic E-state index is 2.38. The summed E-state index contributed by atoms with van der Waals surface area (Å²) in [7, 11) is 0. The minimum absolute atomic E-state index is 0.278. The Hall–Kier alpha value is -1.56. The monoisotopic (exact) mass is 236 g/mol. The van der Waals surface area contributed by atoms with Crippen molar-refractivity contribution in [1.82, 2.24) is 0 Å². The van der Waals surface area contributed by atoms with Crippen molar-refractivity contribution in [2.45, 2.75) is 33.6 Å². The van der Waals surface area contributed by atoms with E-state index in [-0.39, 0.29) is 5.41 Å². The van der Waals surface area contributed by atoms with Crippen molar-refractivity contribution in [2.75, 3.05) is 0 Å². The van der Waals surface area contributed by atoms with Crippen LogP contribution >= 0.6 is 0 Å². The van der Waals surface area contributed by atoms with Crippen molar-refractivity contribution in [3.63, 3.8) is 0 Å². The second kappa shape index (κ2) is 3.98. The number of rotatable bonds is 0. The summed E-state index contributed by atoms with van der Waals surface area (Å²) >= 11 is 0. The normalized spacial score (nSPS) is 18.3. The summed E-state index contributed by atoms with van der Waals surface area (Å²) in [5.74, 6) is 0. The van der Waals surface area contributed by atoms with Gasteiger partial charge in [-0.15, -0.1) is 0 Å². The van der Waals surface area contributed by atoms with Crippen LogP contribution in [-0.2, 0) is 6.42 Å². The van der Waals surface area contributed by atoms with Gasteiger partial charge >= 0.3 is 0 Å². The second-order valence-electron chi connectivity index (χ2n) is 6.36. The van der Waals surface area contributed by atoms with Crippen LogP contribution in [-0.4, -0.2) is 0 Å². The molecule has 1 aromatic carbocycles. The first-order valence-electron chi connectivity index (χ1n) is 6.73. The average Bonchev–Trinajstić information content (AvgIpc) is 2.34. The van der Waals surface area contributed by atoms with E-state index in [9.17, 15) is 0 Å². The third kappa shape index (κ3) is 1.96. The van der Waals surface area contributed by atoms with Crippen LogP contribution in [0.2, 0.25) is 0 Å². The van der Waals surface area contributed by atoms with Crippen LogP contribution in [0.1, 0.15) is 38.3 Å². The SMILES string of the molecule is CC(C)(C)C1=CC=C2Cc3ccccc3C=C2C1. The number of benzene rings is 1. The first kappa shape index (κ1) is 11.5. The fourth-order valence-corrected chi connectivity index (χ4v) is 2.75. The third-order valence-corrected chi connectivity index (χ3v) is 4.01. The molecule has 0 spiro atoms. The van der Waals surface area contributed by atoms with Gasteiger partial charge in [-0.2, -0.15) is 0 Å². The second-order valence-corrected chi connectivity index (χ2v) is 6.36. The van der Waals surface area contributed by atoms with E-state index in [1.807, 2.05) is 0 Å². The lowest BCUT2D eigenvalue weighted by Gasteiger charge is -2.30. The summed E-state index contributed by atoms with van der Waals surface area (Å²) in [6, 6.07) is 8.74. The Morgan fingerprint density at radius 3 is 2.44 bits per heavy atom. The Balaban J connectivity index is 2.01. The largest absolute Gasteiger partial charge is 0.0619 e. The standard InChI is InChI=1S/C18H20/c1-18(2,3)17-9-8-15-10-13-6-4-5-7-14(13)11-16(15)12-17/h4-9,11H,10,12H2,1-3H3. The van der Waals surface area contributed by atoms with E-state index in [0.717, 1.165) is 12.8 Å². The Morgan fingerprint density at radius 2 is 1.67 bits per heavy atom. The minimum Gasteiger partial charge on any atom is -0.0619 e. The molecular formula is C18H20. The fraction of sp³-hybridized carbons (Fsp3) is 0.333. The van der Waals surface area contributed by atoms with Crippen molar-refractivity contribution < 1.29 is 0 Å². The molecule has 18 heavy (non-hydrogen) atoms. The predicted octanol–water partition coefficient (Wildman–Crippen LogP) is 4.93. The molecule has 0 saturated heterocycles. The fourth-order valence-electron chi connectivity index (χ4n) is 2.75. The number of fused-ring (bicyclic) bond motifs is 2. The molecule has 0 aromatic heterocycles. The highest BCUT2D eigenvalue weighted by Crippen LogP contribution is 2.39. The molecule has 0 amide bonds. The van der Waals surface area contributed by atoms with E-state index in [1.54, 1.807) is 0 Å². The van der Waals surface area contributed by atoms with Crippen molar-refractivity contribution >= 4 is 6.08 Å². The van der Waals surface area contributed by atoms with Crippen molar-refractivity contribution in [1.29, 1.82) is 0 Å². The molecule has 0 N–H and O–H groups in total. The van der Waals surface area contributed by atoms with Gasteiger partial charge in [0.05, 0.1) is 0 Å². The summed E-state index contributed by atoms with van der Waals surface area (Å²) in [5.41, 5.74) is 7.69. The zero-order chi connectivity index (χ0) is 12.8. The van der Waals surface area contributed by atoms with E-state index >= 15 is 0 Å². The summed E-state index contributed by atoms with van der Waals surface area (Å²) in [5, 5.41) is 0. The Labute approximate surface area is 110 Å². The Kier molecular flexibility index (Phi) is 2.55. The van der Waals surface area contributed by atoms with Gasteiger partial charge in [0.25, 0.3) is 0 Å². The van der Waals surface area contributed by atoms with Gasteiger partial charge in [0.15, 0.2) is 0 Å². The first-order valence-corrected chi connectivity index (χ1v) is 6.73. The maximum Gasteiger partial charge on any atom is -0.00170 e. The highest BCUT2D eigenvalue weighted by Gasteiger charge is 2.24. The van der Waals surface area contributed by atoms with Gasteiger partial charge in [0.2, 0.25) is 0 Å². The minimum atomic E-state index is 0.278. The van der Waals surface area contributed by atoms with Crippen LogP contribution in [0.3, 0.4) is 0 Å². The van der Waals surface area contributed by atoms with Crippen LogP contribution in [0.5, 0.6) is 0 Å². The number of hydrogen-bond acceptors (Lipinski definition) is 0. The summed E-state index contributed by atoms with van der Waals surface area (Å²) in [4.78, 5) is 0. The van der Waals surface area contributed by atoms with Crippen molar-refractivity contribution in [2.24, 2.45) is 5.41 Å². The van der Waals surface area contributed by atoms with E-state index in [4.69, 9.17) is 0 Å². The quantitative estimate of drug-likeness (QED) is 0.599. The van der Waals surface area contributed by atoms with Crippen molar-refractivity contribution in [3.05, 3.63) is 64.3 Å². The highest BCUT2D eigenvalue weighted by atomic mass is 14.3. The van der Waals surface area contributed by atoms with Crippen molar-refractivity contribution in [3.8, 4) is 0 Å². The smallest absolute Gasteiger partial charge is 0.00170 e. The molecule has 2 aliphatic rings. The van der Waals surface area contributed by atoms with Crippen LogP contribution in [0.25, 0.3) is 6.08 Å². The van der Waals surface area contributed by atoms with Gasteiger partial charge in [-0.05, 0) is 40.5 Å². The van der Waals surface area contributed by atoms with Gasteiger partial charge in [0.1, 0.15) is 0 Å². The van der Waals surface area contributed by atoms with Crippen LogP contribution < -0.4 is 0 Å². The van der Waals surface area contributed by atoms with Gasteiger partial charge in [-0.25, -0.2) is 0 Å². The number of allylic oxidation sites excluding steroid dienone is 5. The van der Waals surface area contributed by atoms with E-state index in [0.29, 0.717) is 0 Å². The van der Waals surface area contributed by atoms with Gasteiger partial charge in [0, 0.05) is 0 Å². The molecular weight excluding hydrogens is 216 g/mol. The lowest BCUT2D eigenvalue weighted by molar-refractivity contribution is 0.490. The zero-order valence-corrected chi connectivity index (χ0v) is 11.5.